The highest BCUT2D eigenvalue weighted by molar-refractivity contribution is 6.32. The van der Waals surface area contributed by atoms with E-state index >= 15 is 0 Å². The number of hydrogen-bond acceptors (Lipinski definition) is 6. The van der Waals surface area contributed by atoms with Crippen molar-refractivity contribution in [3.63, 3.8) is 0 Å². The summed E-state index contributed by atoms with van der Waals surface area (Å²) in [5.41, 5.74) is 5.93. The van der Waals surface area contributed by atoms with Gasteiger partial charge in [-0.3, -0.25) is 5.10 Å². The Labute approximate surface area is 188 Å². The average molecular weight is 440 g/mol. The molecule has 31 heavy (non-hydrogen) atoms. The lowest BCUT2D eigenvalue weighted by Crippen LogP contribution is -2.32. The van der Waals surface area contributed by atoms with Crippen LogP contribution in [0.4, 0.5) is 23.3 Å². The minimum Gasteiger partial charge on any atom is -0.324 e. The Bertz CT molecular complexity index is 1050. The van der Waals surface area contributed by atoms with Gasteiger partial charge in [-0.1, -0.05) is 24.6 Å². The summed E-state index contributed by atoms with van der Waals surface area (Å²) in [4.78, 5) is 11.4. The monoisotopic (exact) mass is 439 g/mol. The van der Waals surface area contributed by atoms with Crippen molar-refractivity contribution in [2.45, 2.75) is 46.5 Å². The number of nitrogens with one attached hydrogen (secondary N) is 3. The maximum Gasteiger partial charge on any atom is 0.229 e. The SMILES string of the molecule is CCN1CCC(c2cc(C)c(Nc3ncc(Cl)c(Nc4cc(C)[nH]n4)n3)cc2C)CC1. The smallest absolute Gasteiger partial charge is 0.229 e. The second kappa shape index (κ2) is 9.24. The minimum atomic E-state index is 0.438. The number of halogens is 1. The Hall–Kier alpha value is -2.64. The number of H-pyrrole nitrogens is 1. The molecule has 7 nitrogen and oxygen atoms in total. The molecule has 0 unspecified atom stereocenters. The highest BCUT2D eigenvalue weighted by Gasteiger charge is 2.22. The van der Waals surface area contributed by atoms with Crippen molar-refractivity contribution in [3.05, 3.63) is 51.8 Å². The fourth-order valence-electron chi connectivity index (χ4n) is 4.21. The zero-order chi connectivity index (χ0) is 22.0. The molecule has 0 bridgehead atoms. The molecule has 2 aromatic heterocycles. The standard InChI is InChI=1S/C23H30ClN7/c1-5-31-8-6-17(7-9-31)18-10-15(3)20(11-14(18)2)26-23-25-13-19(24)22(28-23)27-21-12-16(4)29-30-21/h10-13,17H,5-9H2,1-4H3,(H3,25,26,27,28,29,30). The predicted molar refractivity (Wildman–Crippen MR) is 127 cm³/mol. The number of piperidine rings is 1. The van der Waals surface area contributed by atoms with E-state index in [1.807, 2.05) is 13.0 Å². The van der Waals surface area contributed by atoms with Crippen molar-refractivity contribution in [2.75, 3.05) is 30.3 Å². The van der Waals surface area contributed by atoms with Gasteiger partial charge < -0.3 is 15.5 Å². The number of rotatable bonds is 6. The molecule has 0 atom stereocenters. The van der Waals surface area contributed by atoms with E-state index in [0.717, 1.165) is 17.9 Å². The van der Waals surface area contributed by atoms with Crippen LogP contribution >= 0.6 is 11.6 Å². The molecule has 0 amide bonds. The van der Waals surface area contributed by atoms with Gasteiger partial charge in [0.1, 0.15) is 5.02 Å². The van der Waals surface area contributed by atoms with Crippen LogP contribution in [-0.4, -0.2) is 44.7 Å². The van der Waals surface area contributed by atoms with E-state index in [0.29, 0.717) is 28.5 Å². The van der Waals surface area contributed by atoms with Crippen LogP contribution in [0.25, 0.3) is 0 Å². The predicted octanol–water partition coefficient (Wildman–Crippen LogP) is 5.46. The Morgan fingerprint density at radius 1 is 1.10 bits per heavy atom. The number of benzene rings is 1. The first-order chi connectivity index (χ1) is 14.9. The van der Waals surface area contributed by atoms with Gasteiger partial charge >= 0.3 is 0 Å². The Kier molecular flexibility index (Phi) is 6.43. The van der Waals surface area contributed by atoms with E-state index < -0.39 is 0 Å². The molecule has 1 aliphatic rings. The van der Waals surface area contributed by atoms with Gasteiger partial charge in [-0.25, -0.2) is 4.98 Å². The maximum atomic E-state index is 6.28. The van der Waals surface area contributed by atoms with Gasteiger partial charge in [0.15, 0.2) is 11.6 Å². The van der Waals surface area contributed by atoms with E-state index in [1.165, 1.54) is 42.6 Å². The molecule has 1 aromatic carbocycles. The van der Waals surface area contributed by atoms with Gasteiger partial charge in [-0.2, -0.15) is 10.1 Å². The molecule has 164 valence electrons. The summed E-state index contributed by atoms with van der Waals surface area (Å²) in [6.45, 7) is 12.0. The van der Waals surface area contributed by atoms with Crippen LogP contribution in [0.1, 0.15) is 48.1 Å². The van der Waals surface area contributed by atoms with Crippen molar-refractivity contribution < 1.29 is 0 Å². The Balaban J connectivity index is 1.51. The van der Waals surface area contributed by atoms with E-state index in [1.54, 1.807) is 6.20 Å². The van der Waals surface area contributed by atoms with Gasteiger partial charge in [0.05, 0.1) is 6.20 Å². The molecule has 0 radical (unpaired) electrons. The highest BCUT2D eigenvalue weighted by Crippen LogP contribution is 2.34. The largest absolute Gasteiger partial charge is 0.324 e. The summed E-state index contributed by atoms with van der Waals surface area (Å²) in [7, 11) is 0. The quantitative estimate of drug-likeness (QED) is 0.472. The lowest BCUT2D eigenvalue weighted by Gasteiger charge is -2.32. The van der Waals surface area contributed by atoms with Crippen molar-refractivity contribution in [2.24, 2.45) is 0 Å². The van der Waals surface area contributed by atoms with Crippen molar-refractivity contribution >= 4 is 34.9 Å². The van der Waals surface area contributed by atoms with Gasteiger partial charge in [0.2, 0.25) is 5.95 Å². The van der Waals surface area contributed by atoms with Crippen LogP contribution in [0.5, 0.6) is 0 Å². The van der Waals surface area contributed by atoms with Crippen LogP contribution < -0.4 is 10.6 Å². The molecule has 0 saturated carbocycles. The first kappa shape index (κ1) is 21.6. The fraction of sp³-hybridized carbons (Fsp3) is 0.435. The number of likely N-dealkylation sites (tertiary alicyclic amines) is 1. The van der Waals surface area contributed by atoms with Crippen molar-refractivity contribution in [1.29, 1.82) is 0 Å². The summed E-state index contributed by atoms with van der Waals surface area (Å²) >= 11 is 6.28. The number of nitrogens with zero attached hydrogens (tertiary/aromatic N) is 4. The molecule has 4 rings (SSSR count). The van der Waals surface area contributed by atoms with Crippen LogP contribution in [0, 0.1) is 20.8 Å². The molecule has 1 fully saturated rings. The zero-order valence-electron chi connectivity index (χ0n) is 18.6. The third-order valence-electron chi connectivity index (χ3n) is 6.03. The van der Waals surface area contributed by atoms with Gasteiger partial charge in [0, 0.05) is 17.4 Å². The van der Waals surface area contributed by atoms with E-state index in [-0.39, 0.29) is 0 Å². The molecule has 0 aliphatic carbocycles. The molecule has 3 N–H and O–H groups in total. The zero-order valence-corrected chi connectivity index (χ0v) is 19.3. The summed E-state index contributed by atoms with van der Waals surface area (Å²) in [6.07, 6.45) is 4.04. The van der Waals surface area contributed by atoms with Crippen molar-refractivity contribution in [1.82, 2.24) is 25.1 Å². The number of aromatic nitrogens is 4. The lowest BCUT2D eigenvalue weighted by molar-refractivity contribution is 0.222. The third-order valence-corrected chi connectivity index (χ3v) is 6.31. The summed E-state index contributed by atoms with van der Waals surface area (Å²) in [5.74, 6) is 2.30. The number of aromatic amines is 1. The average Bonchev–Trinajstić information content (AvgIpc) is 3.17. The number of aryl methyl sites for hydroxylation is 3. The normalized spacial score (nSPS) is 15.3. The summed E-state index contributed by atoms with van der Waals surface area (Å²) < 4.78 is 0. The van der Waals surface area contributed by atoms with Crippen LogP contribution in [0.3, 0.4) is 0 Å². The highest BCUT2D eigenvalue weighted by atomic mass is 35.5. The van der Waals surface area contributed by atoms with E-state index in [2.05, 4.69) is 68.6 Å². The summed E-state index contributed by atoms with van der Waals surface area (Å²) in [6, 6.07) is 6.42. The number of hydrogen-bond donors (Lipinski definition) is 3. The van der Waals surface area contributed by atoms with E-state index in [9.17, 15) is 0 Å². The van der Waals surface area contributed by atoms with Crippen molar-refractivity contribution in [3.8, 4) is 0 Å². The minimum absolute atomic E-state index is 0.438. The molecule has 0 spiro atoms. The molecule has 1 saturated heterocycles. The Morgan fingerprint density at radius 3 is 2.55 bits per heavy atom. The first-order valence-corrected chi connectivity index (χ1v) is 11.2. The molecule has 8 heteroatoms. The van der Waals surface area contributed by atoms with Crippen LogP contribution in [-0.2, 0) is 0 Å². The van der Waals surface area contributed by atoms with Crippen LogP contribution in [0.2, 0.25) is 5.02 Å². The molecular weight excluding hydrogens is 410 g/mol. The fourth-order valence-corrected chi connectivity index (χ4v) is 4.35. The molecular formula is C23H30ClN7. The van der Waals surface area contributed by atoms with Crippen LogP contribution in [0.15, 0.2) is 24.4 Å². The van der Waals surface area contributed by atoms with Gasteiger partial charge in [-0.05, 0) is 81.9 Å². The molecule has 3 aromatic rings. The van der Waals surface area contributed by atoms with E-state index in [4.69, 9.17) is 11.6 Å². The van der Waals surface area contributed by atoms with Gasteiger partial charge in [-0.15, -0.1) is 0 Å². The number of anilines is 4. The topological polar surface area (TPSA) is 81.8 Å². The second-order valence-electron chi connectivity index (χ2n) is 8.31. The third kappa shape index (κ3) is 4.99. The second-order valence-corrected chi connectivity index (χ2v) is 8.72. The maximum absolute atomic E-state index is 6.28. The molecule has 1 aliphatic heterocycles. The Morgan fingerprint density at radius 2 is 1.87 bits per heavy atom. The molecule has 3 heterocycles. The summed E-state index contributed by atoms with van der Waals surface area (Å²) in [5, 5.41) is 14.0. The lowest BCUT2D eigenvalue weighted by atomic mass is 9.85. The van der Waals surface area contributed by atoms with Gasteiger partial charge in [0.25, 0.3) is 0 Å². The first-order valence-electron chi connectivity index (χ1n) is 10.8.